The van der Waals surface area contributed by atoms with E-state index in [0.717, 1.165) is 32.5 Å². The fraction of sp³-hybridized carbons (Fsp3) is 0.941. The van der Waals surface area contributed by atoms with Crippen LogP contribution in [-0.2, 0) is 9.53 Å². The van der Waals surface area contributed by atoms with Crippen molar-refractivity contribution in [2.75, 3.05) is 26.7 Å². The molecule has 4 nitrogen and oxygen atoms in total. The Labute approximate surface area is 131 Å². The average molecular weight is 300 g/mol. The molecule has 1 atom stereocenters. The summed E-state index contributed by atoms with van der Waals surface area (Å²) in [6.45, 7) is 13.6. The molecule has 0 aromatic carbocycles. The van der Waals surface area contributed by atoms with E-state index in [4.69, 9.17) is 4.74 Å². The molecule has 4 heteroatoms. The second-order valence-electron chi connectivity index (χ2n) is 6.34. The van der Waals surface area contributed by atoms with Gasteiger partial charge in [0.1, 0.15) is 5.54 Å². The zero-order chi connectivity index (χ0) is 16.3. The number of hydrogen-bond donors (Lipinski definition) is 1. The van der Waals surface area contributed by atoms with E-state index in [-0.39, 0.29) is 5.97 Å². The fourth-order valence-corrected chi connectivity index (χ4v) is 2.45. The molecule has 21 heavy (non-hydrogen) atoms. The molecule has 1 unspecified atom stereocenters. The maximum Gasteiger partial charge on any atom is 0.325 e. The van der Waals surface area contributed by atoms with Crippen LogP contribution in [0.3, 0.4) is 0 Å². The Kier molecular flexibility index (Phi) is 10.7. The Hall–Kier alpha value is -0.610. The molecule has 0 radical (unpaired) electrons. The first kappa shape index (κ1) is 20.4. The Morgan fingerprint density at radius 3 is 2.33 bits per heavy atom. The van der Waals surface area contributed by atoms with Gasteiger partial charge >= 0.3 is 5.97 Å². The molecule has 1 N–H and O–H groups in total. The third-order valence-electron chi connectivity index (χ3n) is 4.08. The van der Waals surface area contributed by atoms with Gasteiger partial charge in [-0.1, -0.05) is 26.7 Å². The van der Waals surface area contributed by atoms with Crippen molar-refractivity contribution in [3.8, 4) is 0 Å². The first-order chi connectivity index (χ1) is 9.91. The Bertz CT molecular complexity index is 282. The second-order valence-corrected chi connectivity index (χ2v) is 6.34. The number of esters is 1. The van der Waals surface area contributed by atoms with Crippen LogP contribution >= 0.6 is 0 Å². The average Bonchev–Trinajstić information content (AvgIpc) is 2.47. The summed E-state index contributed by atoms with van der Waals surface area (Å²) >= 11 is 0. The summed E-state index contributed by atoms with van der Waals surface area (Å²) in [5.41, 5.74) is -0.581. The lowest BCUT2D eigenvalue weighted by Gasteiger charge is -2.33. The molecule has 0 saturated carbocycles. The molecule has 0 saturated heterocycles. The molecular weight excluding hydrogens is 264 g/mol. The van der Waals surface area contributed by atoms with Crippen molar-refractivity contribution in [3.63, 3.8) is 0 Å². The number of nitrogens with one attached hydrogen (secondary N) is 1. The van der Waals surface area contributed by atoms with Crippen molar-refractivity contribution in [2.24, 2.45) is 0 Å². The van der Waals surface area contributed by atoms with Gasteiger partial charge in [-0.3, -0.25) is 4.79 Å². The number of rotatable bonds is 12. The van der Waals surface area contributed by atoms with E-state index in [9.17, 15) is 4.79 Å². The van der Waals surface area contributed by atoms with Gasteiger partial charge in [-0.15, -0.1) is 0 Å². The van der Waals surface area contributed by atoms with Gasteiger partial charge in [0.15, 0.2) is 0 Å². The molecule has 0 heterocycles. The second kappa shape index (κ2) is 11.0. The quantitative estimate of drug-likeness (QED) is 0.444. The highest BCUT2D eigenvalue weighted by molar-refractivity contribution is 5.80. The van der Waals surface area contributed by atoms with Crippen molar-refractivity contribution in [1.29, 1.82) is 0 Å². The van der Waals surface area contributed by atoms with E-state index in [1.165, 1.54) is 26.4 Å². The molecule has 0 bridgehead atoms. The van der Waals surface area contributed by atoms with Crippen LogP contribution in [0.25, 0.3) is 0 Å². The largest absolute Gasteiger partial charge is 0.468 e. The predicted molar refractivity (Wildman–Crippen MR) is 89.6 cm³/mol. The monoisotopic (exact) mass is 300 g/mol. The zero-order valence-electron chi connectivity index (χ0n) is 15.0. The zero-order valence-corrected chi connectivity index (χ0v) is 15.0. The maximum atomic E-state index is 12.1. The normalized spacial score (nSPS) is 14.5. The van der Waals surface area contributed by atoms with Gasteiger partial charge in [-0.05, 0) is 53.1 Å². The van der Waals surface area contributed by atoms with Crippen LogP contribution in [0.4, 0.5) is 0 Å². The van der Waals surface area contributed by atoms with Crippen LogP contribution in [0, 0.1) is 0 Å². The summed E-state index contributed by atoms with van der Waals surface area (Å²) in [6.07, 6.45) is 5.53. The first-order valence-corrected chi connectivity index (χ1v) is 8.48. The van der Waals surface area contributed by atoms with Gasteiger partial charge in [0.05, 0.1) is 7.11 Å². The molecule has 0 aliphatic carbocycles. The molecule has 0 spiro atoms. The Morgan fingerprint density at radius 2 is 1.86 bits per heavy atom. The van der Waals surface area contributed by atoms with E-state index < -0.39 is 5.54 Å². The van der Waals surface area contributed by atoms with Gasteiger partial charge in [-0.25, -0.2) is 0 Å². The molecule has 0 aromatic rings. The lowest BCUT2D eigenvalue weighted by molar-refractivity contribution is -0.148. The minimum atomic E-state index is -0.581. The molecule has 0 aromatic heterocycles. The fourth-order valence-electron chi connectivity index (χ4n) is 2.45. The lowest BCUT2D eigenvalue weighted by Crippen LogP contribution is -2.52. The topological polar surface area (TPSA) is 41.6 Å². The van der Waals surface area contributed by atoms with Gasteiger partial charge in [-0.2, -0.15) is 0 Å². The predicted octanol–water partition coefficient (Wildman–Crippen LogP) is 3.21. The Balaban J connectivity index is 4.56. The van der Waals surface area contributed by atoms with Gasteiger partial charge in [0.2, 0.25) is 0 Å². The van der Waals surface area contributed by atoms with E-state index in [2.05, 4.69) is 37.9 Å². The van der Waals surface area contributed by atoms with E-state index in [1.807, 2.05) is 6.92 Å². The van der Waals surface area contributed by atoms with Crippen molar-refractivity contribution in [3.05, 3.63) is 0 Å². The van der Waals surface area contributed by atoms with Gasteiger partial charge in [0, 0.05) is 12.6 Å². The van der Waals surface area contributed by atoms with Crippen LogP contribution in [0.2, 0.25) is 0 Å². The molecular formula is C17H36N2O2. The van der Waals surface area contributed by atoms with Crippen LogP contribution in [0.1, 0.15) is 66.7 Å². The van der Waals surface area contributed by atoms with Crippen molar-refractivity contribution in [2.45, 2.75) is 78.3 Å². The highest BCUT2D eigenvalue weighted by Gasteiger charge is 2.33. The number of carbonyl (C=O) groups excluding carboxylic acids is 1. The third kappa shape index (κ3) is 7.82. The van der Waals surface area contributed by atoms with Crippen molar-refractivity contribution < 1.29 is 9.53 Å². The standard InChI is InChI=1S/C17H36N2O2/c1-7-9-10-13-19(15(3)4)14-11-17(5,16(20)21-6)18-12-8-2/h15,18H,7-14H2,1-6H3. The SMILES string of the molecule is CCCCCN(CCC(C)(NCCC)C(=O)OC)C(C)C. The van der Waals surface area contributed by atoms with Crippen molar-refractivity contribution in [1.82, 2.24) is 10.2 Å². The maximum absolute atomic E-state index is 12.1. The highest BCUT2D eigenvalue weighted by atomic mass is 16.5. The van der Waals surface area contributed by atoms with E-state index in [1.54, 1.807) is 0 Å². The van der Waals surface area contributed by atoms with Crippen LogP contribution in [0.5, 0.6) is 0 Å². The molecule has 0 fully saturated rings. The summed E-state index contributed by atoms with van der Waals surface area (Å²) in [5.74, 6) is -0.159. The van der Waals surface area contributed by atoms with Gasteiger partial charge < -0.3 is 15.0 Å². The molecule has 0 aliphatic rings. The van der Waals surface area contributed by atoms with Crippen molar-refractivity contribution >= 4 is 5.97 Å². The van der Waals surface area contributed by atoms with Gasteiger partial charge in [0.25, 0.3) is 0 Å². The number of unbranched alkanes of at least 4 members (excludes halogenated alkanes) is 2. The number of ether oxygens (including phenoxy) is 1. The molecule has 0 rings (SSSR count). The lowest BCUT2D eigenvalue weighted by atomic mass is 9.96. The number of carbonyl (C=O) groups is 1. The number of nitrogens with zero attached hydrogens (tertiary/aromatic N) is 1. The highest BCUT2D eigenvalue weighted by Crippen LogP contribution is 2.15. The van der Waals surface area contributed by atoms with Crippen LogP contribution in [0.15, 0.2) is 0 Å². The first-order valence-electron chi connectivity index (χ1n) is 8.48. The number of methoxy groups -OCH3 is 1. The molecule has 126 valence electrons. The summed E-state index contributed by atoms with van der Waals surface area (Å²) in [7, 11) is 1.47. The minimum Gasteiger partial charge on any atom is -0.468 e. The van der Waals surface area contributed by atoms with E-state index in [0.29, 0.717) is 6.04 Å². The van der Waals surface area contributed by atoms with E-state index >= 15 is 0 Å². The van der Waals surface area contributed by atoms with Crippen LogP contribution < -0.4 is 5.32 Å². The summed E-state index contributed by atoms with van der Waals surface area (Å²) in [6, 6.07) is 0.509. The summed E-state index contributed by atoms with van der Waals surface area (Å²) < 4.78 is 4.98. The minimum absolute atomic E-state index is 0.159. The summed E-state index contributed by atoms with van der Waals surface area (Å²) in [4.78, 5) is 14.5. The smallest absolute Gasteiger partial charge is 0.325 e. The third-order valence-corrected chi connectivity index (χ3v) is 4.08. The number of hydrogen-bond acceptors (Lipinski definition) is 4. The van der Waals surface area contributed by atoms with Crippen LogP contribution in [-0.4, -0.2) is 49.2 Å². The molecule has 0 amide bonds. The molecule has 0 aliphatic heterocycles. The Morgan fingerprint density at radius 1 is 1.19 bits per heavy atom. The summed E-state index contributed by atoms with van der Waals surface area (Å²) in [5, 5.41) is 3.36.